The molecule has 0 saturated heterocycles. The highest BCUT2D eigenvalue weighted by Crippen LogP contribution is 2.38. The number of benzene rings is 3. The zero-order chi connectivity index (χ0) is 23.9. The van der Waals surface area contributed by atoms with Crippen LogP contribution in [0.25, 0.3) is 20.4 Å². The van der Waals surface area contributed by atoms with Crippen LogP contribution in [0.4, 0.5) is 15.2 Å². The lowest BCUT2D eigenvalue weighted by Gasteiger charge is -2.12. The number of carbonyl (C=O) groups excluding carboxylic acids is 1. The number of thiazole rings is 2. The summed E-state index contributed by atoms with van der Waals surface area (Å²) in [6.45, 7) is 0. The van der Waals surface area contributed by atoms with Crippen molar-refractivity contribution in [3.63, 3.8) is 0 Å². The van der Waals surface area contributed by atoms with Crippen molar-refractivity contribution < 1.29 is 17.6 Å². The molecule has 0 bridgehead atoms. The van der Waals surface area contributed by atoms with Crippen molar-refractivity contribution in [2.24, 2.45) is 0 Å². The van der Waals surface area contributed by atoms with Gasteiger partial charge in [-0.3, -0.25) is 14.8 Å². The van der Waals surface area contributed by atoms with E-state index in [9.17, 15) is 17.6 Å². The Kier molecular flexibility index (Phi) is 5.98. The Labute approximate surface area is 206 Å². The summed E-state index contributed by atoms with van der Waals surface area (Å²) in [5.41, 5.74) is 1.85. The zero-order valence-electron chi connectivity index (χ0n) is 17.4. The summed E-state index contributed by atoms with van der Waals surface area (Å²) in [5, 5.41) is 3.16. The van der Waals surface area contributed by atoms with Crippen molar-refractivity contribution in [3.8, 4) is 0 Å². The number of sulfonamides is 1. The molecule has 0 aliphatic carbocycles. The van der Waals surface area contributed by atoms with Crippen LogP contribution in [0.3, 0.4) is 0 Å². The molecule has 0 atom stereocenters. The first kappa shape index (κ1) is 22.7. The Hall–Kier alpha value is -3.06. The molecule has 7 nitrogen and oxygen atoms in total. The molecule has 0 unspecified atom stereocenters. The van der Waals surface area contributed by atoms with Gasteiger partial charge in [0.15, 0.2) is 9.47 Å². The van der Waals surface area contributed by atoms with Crippen molar-refractivity contribution in [3.05, 3.63) is 72.0 Å². The number of nitrogens with one attached hydrogen (secondary N) is 2. The quantitative estimate of drug-likeness (QED) is 0.268. The first-order valence-electron chi connectivity index (χ1n) is 9.77. The van der Waals surface area contributed by atoms with Crippen molar-refractivity contribution in [2.45, 2.75) is 9.24 Å². The lowest BCUT2D eigenvalue weighted by Crippen LogP contribution is -2.18. The summed E-state index contributed by atoms with van der Waals surface area (Å²) in [6.07, 6.45) is 1.97. The van der Waals surface area contributed by atoms with Crippen LogP contribution in [0.5, 0.6) is 0 Å². The van der Waals surface area contributed by atoms with Crippen molar-refractivity contribution in [2.75, 3.05) is 16.3 Å². The van der Waals surface area contributed by atoms with E-state index in [0.29, 0.717) is 5.13 Å². The molecule has 0 spiro atoms. The number of halogens is 1. The molecular formula is C22H15FN4O3S4. The van der Waals surface area contributed by atoms with Crippen molar-refractivity contribution in [1.29, 1.82) is 0 Å². The molecule has 5 aromatic rings. The second-order valence-electron chi connectivity index (χ2n) is 7.02. The normalized spacial score (nSPS) is 11.7. The molecule has 2 heterocycles. The number of aromatic nitrogens is 2. The van der Waals surface area contributed by atoms with E-state index in [4.69, 9.17) is 0 Å². The lowest BCUT2D eigenvalue weighted by molar-refractivity contribution is 0.102. The van der Waals surface area contributed by atoms with Gasteiger partial charge in [-0.15, -0.1) is 11.3 Å². The van der Waals surface area contributed by atoms with Gasteiger partial charge in [0.2, 0.25) is 0 Å². The maximum atomic E-state index is 13.2. The molecule has 2 aromatic heterocycles. The van der Waals surface area contributed by atoms with Crippen LogP contribution in [-0.4, -0.2) is 30.5 Å². The van der Waals surface area contributed by atoms with Gasteiger partial charge in [0.05, 0.1) is 36.6 Å². The average molecular weight is 531 g/mol. The third kappa shape index (κ3) is 4.37. The molecule has 0 radical (unpaired) electrons. The van der Waals surface area contributed by atoms with E-state index in [0.717, 1.165) is 49.0 Å². The smallest absolute Gasteiger partial charge is 0.261 e. The van der Waals surface area contributed by atoms with Gasteiger partial charge in [-0.1, -0.05) is 35.2 Å². The minimum absolute atomic E-state index is 0.0971. The molecular weight excluding hydrogens is 516 g/mol. The van der Waals surface area contributed by atoms with Crippen molar-refractivity contribution in [1.82, 2.24) is 9.97 Å². The molecule has 0 saturated carbocycles. The third-order valence-corrected chi connectivity index (χ3v) is 9.42. The molecule has 0 aliphatic heterocycles. The Morgan fingerprint density at radius 3 is 2.35 bits per heavy atom. The number of thioether (sulfide) groups is 1. The minimum Gasteiger partial charge on any atom is -0.298 e. The van der Waals surface area contributed by atoms with Crippen LogP contribution in [0.15, 0.2) is 69.9 Å². The Bertz CT molecular complexity index is 1650. The summed E-state index contributed by atoms with van der Waals surface area (Å²) in [5.74, 6) is -1.06. The standard InChI is InChI=1S/C22H15FN4O3S4/c1-31-22-25-17-11-10-16-18(19(17)33-22)32-21(24-16)26-20(28)14-4-2-3-5-15(14)27-34(29,30)13-8-6-12(23)7-9-13/h2-11,27H,1H3,(H,24,26,28). The molecule has 172 valence electrons. The average Bonchev–Trinajstić information content (AvgIpc) is 3.42. The number of rotatable bonds is 6. The third-order valence-electron chi connectivity index (χ3n) is 4.83. The number of amides is 1. The molecule has 34 heavy (non-hydrogen) atoms. The van der Waals surface area contributed by atoms with Gasteiger partial charge >= 0.3 is 0 Å². The van der Waals surface area contributed by atoms with Crippen LogP contribution in [0.2, 0.25) is 0 Å². The van der Waals surface area contributed by atoms with Gasteiger partial charge in [-0.25, -0.2) is 22.8 Å². The number of anilines is 2. The van der Waals surface area contributed by atoms with Crippen molar-refractivity contribution >= 4 is 81.6 Å². The predicted molar refractivity (Wildman–Crippen MR) is 136 cm³/mol. The molecule has 3 aromatic carbocycles. The molecule has 2 N–H and O–H groups in total. The van der Waals surface area contributed by atoms with E-state index >= 15 is 0 Å². The fourth-order valence-electron chi connectivity index (χ4n) is 3.25. The topological polar surface area (TPSA) is 101 Å². The van der Waals surface area contributed by atoms with E-state index in [1.165, 1.54) is 23.5 Å². The van der Waals surface area contributed by atoms with E-state index in [1.807, 2.05) is 18.4 Å². The maximum absolute atomic E-state index is 13.2. The lowest BCUT2D eigenvalue weighted by atomic mass is 10.2. The van der Waals surface area contributed by atoms with E-state index in [2.05, 4.69) is 20.0 Å². The zero-order valence-corrected chi connectivity index (χ0v) is 20.7. The maximum Gasteiger partial charge on any atom is 0.261 e. The second-order valence-corrected chi connectivity index (χ2v) is 11.8. The van der Waals surface area contributed by atoms with Gasteiger partial charge in [-0.2, -0.15) is 0 Å². The van der Waals surface area contributed by atoms with Gasteiger partial charge in [-0.05, 0) is 54.8 Å². The molecule has 12 heteroatoms. The van der Waals surface area contributed by atoms with E-state index < -0.39 is 21.7 Å². The molecule has 5 rings (SSSR count). The molecule has 1 amide bonds. The van der Waals surface area contributed by atoms with Gasteiger partial charge < -0.3 is 0 Å². The number of hydrogen-bond acceptors (Lipinski definition) is 8. The number of para-hydroxylation sites is 1. The number of nitrogens with zero attached hydrogens (tertiary/aromatic N) is 2. The number of fused-ring (bicyclic) bond motifs is 3. The van der Waals surface area contributed by atoms with Gasteiger partial charge in [0.25, 0.3) is 15.9 Å². The number of carbonyl (C=O) groups is 1. The first-order valence-corrected chi connectivity index (χ1v) is 14.1. The van der Waals surface area contributed by atoms with Crippen LogP contribution < -0.4 is 10.0 Å². The second kappa shape index (κ2) is 8.95. The summed E-state index contributed by atoms with van der Waals surface area (Å²) in [6, 6.07) is 14.4. The van der Waals surface area contributed by atoms with Gasteiger partial charge in [0.1, 0.15) is 5.82 Å². The minimum atomic E-state index is -4.02. The van der Waals surface area contributed by atoms with Crippen LogP contribution in [0, 0.1) is 5.82 Å². The fourth-order valence-corrected chi connectivity index (χ4v) is 6.98. The summed E-state index contributed by atoms with van der Waals surface area (Å²) in [7, 11) is -4.02. The van der Waals surface area contributed by atoms with E-state index in [-0.39, 0.29) is 16.1 Å². The van der Waals surface area contributed by atoms with Crippen LogP contribution >= 0.6 is 34.4 Å². The summed E-state index contributed by atoms with van der Waals surface area (Å²) < 4.78 is 43.9. The SMILES string of the molecule is CSc1nc2ccc3nc(NC(=O)c4ccccc4NS(=O)(=O)c4ccc(F)cc4)sc3c2s1. The highest BCUT2D eigenvalue weighted by Gasteiger charge is 2.20. The van der Waals surface area contributed by atoms with E-state index in [1.54, 1.807) is 35.2 Å². The summed E-state index contributed by atoms with van der Waals surface area (Å²) in [4.78, 5) is 22.0. The Morgan fingerprint density at radius 1 is 0.941 bits per heavy atom. The Balaban J connectivity index is 1.43. The monoisotopic (exact) mass is 530 g/mol. The summed E-state index contributed by atoms with van der Waals surface area (Å²) >= 11 is 4.48. The predicted octanol–water partition coefficient (Wildman–Crippen LogP) is 5.82. The molecule has 0 fully saturated rings. The van der Waals surface area contributed by atoms with Crippen LogP contribution in [0.1, 0.15) is 10.4 Å². The van der Waals surface area contributed by atoms with Gasteiger partial charge in [0, 0.05) is 0 Å². The highest BCUT2D eigenvalue weighted by atomic mass is 32.2. The largest absolute Gasteiger partial charge is 0.298 e. The fraction of sp³-hybridized carbons (Fsp3) is 0.0455. The van der Waals surface area contributed by atoms with Crippen LogP contribution in [-0.2, 0) is 10.0 Å². The highest BCUT2D eigenvalue weighted by molar-refractivity contribution is 8.00. The number of hydrogen-bond donors (Lipinski definition) is 2. The first-order chi connectivity index (χ1) is 16.3. The Morgan fingerprint density at radius 2 is 1.62 bits per heavy atom. The molecule has 0 aliphatic rings.